The number of nitrogens with one attached hydrogen (secondary N) is 1. The van der Waals surface area contributed by atoms with Crippen LogP contribution >= 0.6 is 11.5 Å². The van der Waals surface area contributed by atoms with E-state index < -0.39 is 6.61 Å². The van der Waals surface area contributed by atoms with Gasteiger partial charge in [0.15, 0.2) is 0 Å². The number of amides is 1. The molecule has 1 amide bonds. The number of benzene rings is 1. The van der Waals surface area contributed by atoms with Crippen molar-refractivity contribution in [2.75, 3.05) is 18.0 Å². The van der Waals surface area contributed by atoms with Crippen molar-refractivity contribution in [2.24, 2.45) is 0 Å². The number of halogens is 2. The Morgan fingerprint density at radius 1 is 1.43 bits per heavy atom. The average Bonchev–Trinajstić information content (AvgIpc) is 3.18. The molecule has 1 saturated heterocycles. The van der Waals surface area contributed by atoms with Crippen LogP contribution in [0.4, 0.5) is 14.5 Å². The Balaban J connectivity index is 1.65. The monoisotopic (exact) mass is 340 g/mol. The van der Waals surface area contributed by atoms with Gasteiger partial charge in [-0.3, -0.25) is 4.79 Å². The fourth-order valence-electron chi connectivity index (χ4n) is 2.53. The molecule has 1 aliphatic heterocycles. The van der Waals surface area contributed by atoms with Gasteiger partial charge in [-0.25, -0.2) is 0 Å². The minimum atomic E-state index is -2.87. The van der Waals surface area contributed by atoms with Gasteiger partial charge in [-0.05, 0) is 30.1 Å². The summed E-state index contributed by atoms with van der Waals surface area (Å²) < 4.78 is 33.2. The van der Waals surface area contributed by atoms with E-state index >= 15 is 0 Å². The van der Waals surface area contributed by atoms with Crippen LogP contribution in [0.1, 0.15) is 16.1 Å². The number of ether oxygens (including phenoxy) is 1. The highest BCUT2D eigenvalue weighted by molar-refractivity contribution is 7.07. The summed E-state index contributed by atoms with van der Waals surface area (Å²) in [6.45, 7) is -1.69. The largest absolute Gasteiger partial charge is 0.433 e. The van der Waals surface area contributed by atoms with Crippen LogP contribution in [0, 0.1) is 0 Å². The minimum Gasteiger partial charge on any atom is -0.433 e. The molecule has 122 valence electrons. The van der Waals surface area contributed by atoms with Gasteiger partial charge in [0.2, 0.25) is 0 Å². The number of hydrogen-bond acceptors (Lipinski definition) is 6. The fraction of sp³-hybridized carbons (Fsp3) is 0.357. The zero-order chi connectivity index (χ0) is 16.2. The van der Waals surface area contributed by atoms with Crippen molar-refractivity contribution in [1.82, 2.24) is 14.9 Å². The summed E-state index contributed by atoms with van der Waals surface area (Å²) in [5, 5.41) is 6.53. The number of carbonyl (C=O) groups is 1. The minimum absolute atomic E-state index is 0.0655. The van der Waals surface area contributed by atoms with E-state index in [0.717, 1.165) is 18.0 Å². The molecule has 23 heavy (non-hydrogen) atoms. The number of aromatic nitrogens is 2. The summed E-state index contributed by atoms with van der Waals surface area (Å²) >= 11 is 1.03. The van der Waals surface area contributed by atoms with E-state index in [1.807, 2.05) is 4.90 Å². The van der Waals surface area contributed by atoms with Crippen molar-refractivity contribution in [1.29, 1.82) is 0 Å². The van der Waals surface area contributed by atoms with Crippen LogP contribution < -0.4 is 15.0 Å². The van der Waals surface area contributed by atoms with Crippen molar-refractivity contribution in [3.63, 3.8) is 0 Å². The van der Waals surface area contributed by atoms with Gasteiger partial charge >= 0.3 is 6.61 Å². The Morgan fingerprint density at radius 2 is 2.26 bits per heavy atom. The Labute approximate surface area is 135 Å². The number of alkyl halides is 2. The SMILES string of the molecule is O=C(N[C@@H]1CCN(c2ccccc2OC(F)F)C1)c1cnns1. The lowest BCUT2D eigenvalue weighted by molar-refractivity contribution is -0.0495. The third kappa shape index (κ3) is 3.73. The molecule has 1 aliphatic rings. The van der Waals surface area contributed by atoms with Crippen LogP contribution in [0.5, 0.6) is 5.75 Å². The molecule has 1 aromatic carbocycles. The molecular formula is C14H14F2N4O2S. The van der Waals surface area contributed by atoms with Crippen molar-refractivity contribution < 1.29 is 18.3 Å². The van der Waals surface area contributed by atoms with E-state index in [1.54, 1.807) is 18.2 Å². The quantitative estimate of drug-likeness (QED) is 0.903. The van der Waals surface area contributed by atoms with Gasteiger partial charge in [-0.15, -0.1) is 5.10 Å². The summed E-state index contributed by atoms with van der Waals surface area (Å²) in [6.07, 6.45) is 2.14. The first-order chi connectivity index (χ1) is 11.1. The normalized spacial score (nSPS) is 17.5. The lowest BCUT2D eigenvalue weighted by atomic mass is 10.2. The van der Waals surface area contributed by atoms with Crippen LogP contribution in [0.2, 0.25) is 0 Å². The molecule has 0 unspecified atom stereocenters. The molecule has 2 heterocycles. The molecule has 0 spiro atoms. The third-order valence-electron chi connectivity index (χ3n) is 3.53. The summed E-state index contributed by atoms with van der Waals surface area (Å²) in [6, 6.07) is 6.59. The molecule has 0 aliphatic carbocycles. The van der Waals surface area contributed by atoms with Gasteiger partial charge < -0.3 is 15.0 Å². The third-order valence-corrected chi connectivity index (χ3v) is 4.19. The highest BCUT2D eigenvalue weighted by Gasteiger charge is 2.27. The van der Waals surface area contributed by atoms with Crippen molar-refractivity contribution >= 4 is 23.1 Å². The zero-order valence-electron chi connectivity index (χ0n) is 12.0. The second kappa shape index (κ2) is 6.86. The molecule has 9 heteroatoms. The molecule has 6 nitrogen and oxygen atoms in total. The number of rotatable bonds is 5. The van der Waals surface area contributed by atoms with E-state index in [4.69, 9.17) is 0 Å². The van der Waals surface area contributed by atoms with Gasteiger partial charge in [0.1, 0.15) is 10.6 Å². The Kier molecular flexibility index (Phi) is 4.65. The van der Waals surface area contributed by atoms with E-state index in [2.05, 4.69) is 19.6 Å². The first-order valence-electron chi connectivity index (χ1n) is 7.00. The second-order valence-corrected chi connectivity index (χ2v) is 5.82. The van der Waals surface area contributed by atoms with Crippen LogP contribution in [0.25, 0.3) is 0 Å². The molecule has 1 fully saturated rings. The van der Waals surface area contributed by atoms with Crippen molar-refractivity contribution in [3.05, 3.63) is 35.3 Å². The van der Waals surface area contributed by atoms with Crippen LogP contribution in [-0.4, -0.2) is 41.2 Å². The van der Waals surface area contributed by atoms with Crippen LogP contribution in [0.15, 0.2) is 30.5 Å². The number of para-hydroxylation sites is 2. The highest BCUT2D eigenvalue weighted by atomic mass is 32.1. The maximum atomic E-state index is 12.5. The van der Waals surface area contributed by atoms with Crippen LogP contribution in [-0.2, 0) is 0 Å². The molecule has 0 saturated carbocycles. The molecule has 0 bridgehead atoms. The number of carbonyl (C=O) groups excluding carboxylic acids is 1. The number of hydrogen-bond donors (Lipinski definition) is 1. The van der Waals surface area contributed by atoms with Gasteiger partial charge in [0.05, 0.1) is 11.9 Å². The molecule has 1 aromatic heterocycles. The molecule has 3 rings (SSSR count). The zero-order valence-corrected chi connectivity index (χ0v) is 12.8. The van der Waals surface area contributed by atoms with Gasteiger partial charge in [-0.2, -0.15) is 8.78 Å². The molecule has 2 aromatic rings. The maximum absolute atomic E-state index is 12.5. The molecule has 0 radical (unpaired) electrons. The molecule has 1 atom stereocenters. The van der Waals surface area contributed by atoms with E-state index in [1.165, 1.54) is 12.3 Å². The number of anilines is 1. The van der Waals surface area contributed by atoms with E-state index in [0.29, 0.717) is 23.7 Å². The standard InChI is InChI=1S/C14H14F2N4O2S/c15-14(16)22-11-4-2-1-3-10(11)20-6-5-9(8-20)18-13(21)12-7-17-19-23-12/h1-4,7,9,14H,5-6,8H2,(H,18,21)/t9-/m1/s1. The van der Waals surface area contributed by atoms with Gasteiger partial charge in [0.25, 0.3) is 5.91 Å². The van der Waals surface area contributed by atoms with Crippen molar-refractivity contribution in [2.45, 2.75) is 19.1 Å². The average molecular weight is 340 g/mol. The first-order valence-corrected chi connectivity index (χ1v) is 7.78. The predicted octanol–water partition coefficient (Wildman–Crippen LogP) is 2.15. The Hall–Kier alpha value is -2.29. The lowest BCUT2D eigenvalue weighted by Crippen LogP contribution is -2.36. The predicted molar refractivity (Wildman–Crippen MR) is 81.1 cm³/mol. The Morgan fingerprint density at radius 3 is 3.00 bits per heavy atom. The topological polar surface area (TPSA) is 67.4 Å². The highest BCUT2D eigenvalue weighted by Crippen LogP contribution is 2.31. The number of nitrogens with zero attached hydrogens (tertiary/aromatic N) is 3. The first kappa shape index (κ1) is 15.6. The smallest absolute Gasteiger partial charge is 0.387 e. The summed E-state index contributed by atoms with van der Waals surface area (Å²) in [4.78, 5) is 14.4. The lowest BCUT2D eigenvalue weighted by Gasteiger charge is -2.21. The Bertz CT molecular complexity index is 669. The van der Waals surface area contributed by atoms with Gasteiger partial charge in [-0.1, -0.05) is 16.6 Å². The second-order valence-electron chi connectivity index (χ2n) is 5.03. The summed E-state index contributed by atoms with van der Waals surface area (Å²) in [7, 11) is 0. The molecular weight excluding hydrogens is 326 g/mol. The van der Waals surface area contributed by atoms with Gasteiger partial charge in [0, 0.05) is 19.1 Å². The fourth-order valence-corrected chi connectivity index (χ4v) is 2.95. The maximum Gasteiger partial charge on any atom is 0.387 e. The van der Waals surface area contributed by atoms with E-state index in [-0.39, 0.29) is 17.7 Å². The summed E-state index contributed by atoms with van der Waals surface area (Å²) in [5.74, 6) is -0.0786. The summed E-state index contributed by atoms with van der Waals surface area (Å²) in [5.41, 5.74) is 0.601. The molecule has 1 N–H and O–H groups in total. The van der Waals surface area contributed by atoms with Crippen LogP contribution in [0.3, 0.4) is 0 Å². The van der Waals surface area contributed by atoms with Crippen molar-refractivity contribution in [3.8, 4) is 5.75 Å². The van der Waals surface area contributed by atoms with E-state index in [9.17, 15) is 13.6 Å².